The van der Waals surface area contributed by atoms with E-state index in [1.54, 1.807) is 0 Å². The fraction of sp³-hybridized carbons (Fsp3) is 0.889. The third-order valence-corrected chi connectivity index (χ3v) is 2.18. The molecule has 1 atom stereocenters. The molecule has 0 aromatic carbocycles. The smallest absolute Gasteiger partial charge is 0.234 e. The van der Waals surface area contributed by atoms with Crippen LogP contribution in [0, 0.1) is 0 Å². The Bertz CT molecular complexity index is 150. The number of amides is 1. The van der Waals surface area contributed by atoms with Gasteiger partial charge in [0.15, 0.2) is 0 Å². The summed E-state index contributed by atoms with van der Waals surface area (Å²) in [5.41, 5.74) is 5.26. The molecule has 0 rings (SSSR count). The van der Waals surface area contributed by atoms with Gasteiger partial charge in [-0.05, 0) is 40.0 Å². The summed E-state index contributed by atoms with van der Waals surface area (Å²) in [7, 11) is 3.86. The molecule has 78 valence electrons. The molecule has 13 heavy (non-hydrogen) atoms. The molecule has 0 aromatic heterocycles. The minimum Gasteiger partial charge on any atom is -0.368 e. The van der Waals surface area contributed by atoms with E-state index in [2.05, 4.69) is 5.32 Å². The number of rotatable bonds is 7. The van der Waals surface area contributed by atoms with Gasteiger partial charge in [-0.1, -0.05) is 6.92 Å². The van der Waals surface area contributed by atoms with Crippen molar-refractivity contribution in [2.45, 2.75) is 25.8 Å². The first-order valence-corrected chi connectivity index (χ1v) is 4.77. The Morgan fingerprint density at radius 2 is 2.23 bits per heavy atom. The summed E-state index contributed by atoms with van der Waals surface area (Å²) >= 11 is 0. The number of nitrogens with one attached hydrogen (secondary N) is 1. The summed E-state index contributed by atoms with van der Waals surface area (Å²) < 4.78 is 0. The molecule has 0 bridgehead atoms. The van der Waals surface area contributed by atoms with Crippen molar-refractivity contribution in [3.8, 4) is 0 Å². The number of primary amides is 1. The molecule has 0 saturated carbocycles. The van der Waals surface area contributed by atoms with Crippen LogP contribution in [0.25, 0.3) is 0 Å². The lowest BCUT2D eigenvalue weighted by Gasteiger charge is -2.23. The van der Waals surface area contributed by atoms with Gasteiger partial charge >= 0.3 is 0 Å². The highest BCUT2D eigenvalue weighted by molar-refractivity contribution is 5.79. The second kappa shape index (κ2) is 6.86. The van der Waals surface area contributed by atoms with E-state index in [0.29, 0.717) is 0 Å². The van der Waals surface area contributed by atoms with Gasteiger partial charge in [-0.15, -0.1) is 0 Å². The van der Waals surface area contributed by atoms with Crippen molar-refractivity contribution in [1.29, 1.82) is 0 Å². The van der Waals surface area contributed by atoms with Gasteiger partial charge in [-0.3, -0.25) is 9.69 Å². The van der Waals surface area contributed by atoms with Crippen LogP contribution in [-0.2, 0) is 4.79 Å². The zero-order valence-electron chi connectivity index (χ0n) is 8.84. The first kappa shape index (κ1) is 12.4. The largest absolute Gasteiger partial charge is 0.368 e. The molecule has 4 nitrogen and oxygen atoms in total. The molecule has 0 saturated heterocycles. The van der Waals surface area contributed by atoms with Gasteiger partial charge in [0.25, 0.3) is 0 Å². The predicted octanol–water partition coefficient (Wildman–Crippen LogP) is -0.208. The quantitative estimate of drug-likeness (QED) is 0.542. The van der Waals surface area contributed by atoms with E-state index in [9.17, 15) is 4.79 Å². The summed E-state index contributed by atoms with van der Waals surface area (Å²) in [5.74, 6) is -0.227. The third-order valence-electron chi connectivity index (χ3n) is 2.18. The Labute approximate surface area is 80.5 Å². The zero-order valence-corrected chi connectivity index (χ0v) is 8.84. The number of hydrogen-bond donors (Lipinski definition) is 2. The van der Waals surface area contributed by atoms with Crippen LogP contribution in [0.2, 0.25) is 0 Å². The van der Waals surface area contributed by atoms with Crippen molar-refractivity contribution in [3.63, 3.8) is 0 Å². The van der Waals surface area contributed by atoms with Crippen LogP contribution in [0.3, 0.4) is 0 Å². The van der Waals surface area contributed by atoms with Gasteiger partial charge in [0.2, 0.25) is 5.91 Å². The van der Waals surface area contributed by atoms with Crippen molar-refractivity contribution < 1.29 is 4.79 Å². The van der Waals surface area contributed by atoms with Crippen LogP contribution in [0.1, 0.15) is 19.8 Å². The summed E-state index contributed by atoms with van der Waals surface area (Å²) in [5, 5.41) is 3.07. The first-order chi connectivity index (χ1) is 6.13. The van der Waals surface area contributed by atoms with Crippen molar-refractivity contribution in [1.82, 2.24) is 10.2 Å². The molecule has 0 aliphatic heterocycles. The normalized spacial score (nSPS) is 13.2. The van der Waals surface area contributed by atoms with Crippen molar-refractivity contribution in [2.24, 2.45) is 5.73 Å². The molecule has 0 aliphatic carbocycles. The highest BCUT2D eigenvalue weighted by Crippen LogP contribution is 2.01. The molecule has 0 fully saturated rings. The fourth-order valence-corrected chi connectivity index (χ4v) is 1.39. The van der Waals surface area contributed by atoms with E-state index in [1.165, 1.54) is 0 Å². The highest BCUT2D eigenvalue weighted by Gasteiger charge is 2.17. The number of nitrogens with two attached hydrogens (primary N) is 1. The topological polar surface area (TPSA) is 58.4 Å². The molecule has 0 aliphatic rings. The van der Waals surface area contributed by atoms with Crippen LogP contribution < -0.4 is 11.1 Å². The van der Waals surface area contributed by atoms with Gasteiger partial charge in [0.1, 0.15) is 0 Å². The van der Waals surface area contributed by atoms with Crippen LogP contribution >= 0.6 is 0 Å². The minimum atomic E-state index is -0.227. The molecule has 3 N–H and O–H groups in total. The number of hydrogen-bond acceptors (Lipinski definition) is 3. The summed E-state index contributed by atoms with van der Waals surface area (Å²) in [6.07, 6.45) is 1.82. The molecular formula is C9H21N3O. The second-order valence-electron chi connectivity index (χ2n) is 3.26. The molecule has 1 unspecified atom stereocenters. The lowest BCUT2D eigenvalue weighted by Crippen LogP contribution is -2.42. The number of likely N-dealkylation sites (N-methyl/N-ethyl adjacent to an activating group) is 1. The maximum Gasteiger partial charge on any atom is 0.234 e. The maximum atomic E-state index is 11.0. The van der Waals surface area contributed by atoms with Gasteiger partial charge in [0.05, 0.1) is 6.04 Å². The minimum absolute atomic E-state index is 0.114. The van der Waals surface area contributed by atoms with Crippen molar-refractivity contribution in [2.75, 3.05) is 27.2 Å². The number of carbonyl (C=O) groups excluding carboxylic acids is 1. The average Bonchev–Trinajstić information content (AvgIpc) is 2.05. The predicted molar refractivity (Wildman–Crippen MR) is 54.4 cm³/mol. The van der Waals surface area contributed by atoms with E-state index in [0.717, 1.165) is 25.9 Å². The summed E-state index contributed by atoms with van der Waals surface area (Å²) in [4.78, 5) is 13.0. The van der Waals surface area contributed by atoms with Crippen LogP contribution in [0.15, 0.2) is 0 Å². The summed E-state index contributed by atoms with van der Waals surface area (Å²) in [6.45, 7) is 3.85. The Hall–Kier alpha value is -0.610. The van der Waals surface area contributed by atoms with Crippen LogP contribution in [-0.4, -0.2) is 44.0 Å². The average molecular weight is 187 g/mol. The monoisotopic (exact) mass is 187 g/mol. The molecule has 1 amide bonds. The van der Waals surface area contributed by atoms with E-state index >= 15 is 0 Å². The lowest BCUT2D eigenvalue weighted by molar-refractivity contribution is -0.122. The number of carbonyl (C=O) groups is 1. The molecule has 4 heteroatoms. The van der Waals surface area contributed by atoms with E-state index < -0.39 is 0 Å². The Kier molecular flexibility index (Phi) is 6.54. The van der Waals surface area contributed by atoms with E-state index in [-0.39, 0.29) is 11.9 Å². The van der Waals surface area contributed by atoms with Crippen molar-refractivity contribution >= 4 is 5.91 Å². The maximum absolute atomic E-state index is 11.0. The van der Waals surface area contributed by atoms with E-state index in [4.69, 9.17) is 5.73 Å². The van der Waals surface area contributed by atoms with E-state index in [1.807, 2.05) is 25.9 Å². The SMILES string of the molecule is CCC(C(N)=O)N(C)CCCNC. The third kappa shape index (κ3) is 4.85. The van der Waals surface area contributed by atoms with Gasteiger partial charge in [-0.25, -0.2) is 0 Å². The molecule has 0 radical (unpaired) electrons. The Balaban J connectivity index is 3.77. The molecule has 0 spiro atoms. The fourth-order valence-electron chi connectivity index (χ4n) is 1.39. The second-order valence-corrected chi connectivity index (χ2v) is 3.26. The van der Waals surface area contributed by atoms with Gasteiger partial charge < -0.3 is 11.1 Å². The number of nitrogens with zero attached hydrogens (tertiary/aromatic N) is 1. The Morgan fingerprint density at radius 1 is 1.62 bits per heavy atom. The standard InChI is InChI=1S/C9H21N3O/c1-4-8(9(10)13)12(3)7-5-6-11-2/h8,11H,4-7H2,1-3H3,(H2,10,13). The summed E-state index contributed by atoms with van der Waals surface area (Å²) in [6, 6.07) is -0.114. The molecule has 0 aromatic rings. The zero-order chi connectivity index (χ0) is 10.3. The van der Waals surface area contributed by atoms with Crippen LogP contribution in [0.4, 0.5) is 0 Å². The molecular weight excluding hydrogens is 166 g/mol. The highest BCUT2D eigenvalue weighted by atomic mass is 16.1. The van der Waals surface area contributed by atoms with Crippen LogP contribution in [0.5, 0.6) is 0 Å². The van der Waals surface area contributed by atoms with Gasteiger partial charge in [-0.2, -0.15) is 0 Å². The lowest BCUT2D eigenvalue weighted by atomic mass is 10.2. The van der Waals surface area contributed by atoms with Crippen molar-refractivity contribution in [3.05, 3.63) is 0 Å². The Morgan fingerprint density at radius 3 is 2.62 bits per heavy atom. The molecule has 0 heterocycles. The van der Waals surface area contributed by atoms with Gasteiger partial charge in [0, 0.05) is 0 Å². The first-order valence-electron chi connectivity index (χ1n) is 4.77.